The monoisotopic (exact) mass is 1990 g/mol. The van der Waals surface area contributed by atoms with Crippen molar-refractivity contribution in [1.29, 1.82) is 0 Å². The average molecular weight is 1990 g/mol. The fraction of sp³-hybridized carbons (Fsp3) is 0.0800. The number of phenols is 1. The largest absolute Gasteiger partial charge is 0.679 e. The highest BCUT2D eigenvalue weighted by molar-refractivity contribution is 6.44. The molecule has 2 aliphatic heterocycles. The van der Waals surface area contributed by atoms with E-state index >= 15 is 0 Å². The minimum Gasteiger partial charge on any atom is -0.508 e. The topological polar surface area (TPSA) is 283 Å². The van der Waals surface area contributed by atoms with Gasteiger partial charge < -0.3 is 62.7 Å². The van der Waals surface area contributed by atoms with Gasteiger partial charge in [-0.15, -0.1) is 4.91 Å². The van der Waals surface area contributed by atoms with Gasteiger partial charge in [0, 0.05) is 79.8 Å². The highest BCUT2D eigenvalue weighted by atomic mass is 19.2. The standard InChI is InChI=1S/C36H28BF2N3O3.C36H29N3O3.C19H17NO3.C17H15NO.C16H12N2O2.CH4/c1-24-13-15-26(16-14-24)31-22-33(28-11-7-4-8-12-28)42(37(38)39)36(31)41-35-30(21-32(40-35)27-9-5-3-6-10-27)25-17-19-29(20-18-25)45-23-34(43)44-2;1-24-13-15-25(16-14-24)30-21-32(27-9-5-3-6-10-27)37-35(30)39-36-31(22-33(38-36)28-11-7-4-8-12-28)26-17-19-29(20-18-26)42-23-34(40)41-2;1-22-19(21)13-23-17-9-7-14(8-10-17)16-11-18(20-12-16)15-5-3-2-4-6-15;1-19-16-9-7-13(8-10-16)15-11-17(18-12-15)14-5-3-2-4-6-14;19-13-8-6-11(7-9-13)14-10-15(17-16(14)18-20)12-4-2-1-3-5-12;/h3-22H,23H2,1-2H3;3-22,37H,23H2,1-2H3;2-12,20H,13H2,1H3;2-12,18H,1H3;1-10,17,19H;1H4. The summed E-state index contributed by atoms with van der Waals surface area (Å²) < 4.78 is 66.4. The average Bonchev–Trinajstić information content (AvgIpc) is 2.46. The number of aryl methyl sites for hydroxylation is 2. The minimum atomic E-state index is -2.86. The number of nitrogens with one attached hydrogen (secondary N) is 4. The first-order chi connectivity index (χ1) is 72.9. The maximum Gasteiger partial charge on any atom is 0.679 e. The molecule has 0 fully saturated rings. The number of aromatic nitrogens is 5. The van der Waals surface area contributed by atoms with Crippen LogP contribution in [-0.4, -0.2) is 126 Å². The number of esters is 3. The second kappa shape index (κ2) is 50.2. The number of nitrogens with zero attached hydrogens (tertiary/aromatic N) is 6. The predicted octanol–water partition coefficient (Wildman–Crippen LogP) is 29.2. The van der Waals surface area contributed by atoms with Gasteiger partial charge in [-0.2, -0.15) is 0 Å². The van der Waals surface area contributed by atoms with Crippen molar-refractivity contribution in [2.45, 2.75) is 21.3 Å². The molecule has 0 amide bonds. The molecule has 0 unspecified atom stereocenters. The number of hydrogen-bond donors (Lipinski definition) is 5. The Balaban J connectivity index is 0.000000140. The SMILES string of the molecule is C.COC(=O)COc1ccc(-c2c[nH]c(-c3ccccc3)c2)cc1.COC(=O)COc1ccc(C2=CC(c3ccccc3)=NC2=Nc2[nH]c(-c3ccccc3)cc2-c2ccc(C)cc2)cc1.COC(=O)COc1ccc(C2=CC(c3ccccc3)=NC2=Nc2c(-c3ccc(C)cc3)cc(-c3ccccc3)n2B(F)F)cc1.COc1ccc(-c2c[nH]c(-c3ccccc3)c2)cc1.O=Nc1[nH]c(-c2ccccc2)cc1-c1ccc(O)cc1. The quantitative estimate of drug-likeness (QED) is 0.0132. The molecule has 150 heavy (non-hydrogen) atoms. The molecule has 19 aromatic rings. The highest BCUT2D eigenvalue weighted by Gasteiger charge is 2.31. The molecule has 0 radical (unpaired) electrons. The molecular formula is C125H105BF2N10O12. The number of allylic oxidation sites excluding steroid dienone is 2. The van der Waals surface area contributed by atoms with E-state index in [-0.39, 0.29) is 44.6 Å². The van der Waals surface area contributed by atoms with Gasteiger partial charge in [0.15, 0.2) is 37.3 Å². The molecule has 0 bridgehead atoms. The molecule has 21 rings (SSSR count). The molecule has 0 atom stereocenters. The van der Waals surface area contributed by atoms with Crippen molar-refractivity contribution < 1.29 is 61.3 Å². The summed E-state index contributed by atoms with van der Waals surface area (Å²) in [5.41, 5.74) is 27.8. The number of phenolic OH excluding ortho intramolecular Hbond substituents is 1. The Hall–Kier alpha value is -19.4. The number of ether oxygens (including phenoxy) is 7. The maximum atomic E-state index is 15.0. The number of aromatic amines is 4. The third kappa shape index (κ3) is 26.4. The van der Waals surface area contributed by atoms with Gasteiger partial charge in [-0.25, -0.2) is 34.4 Å². The zero-order valence-corrected chi connectivity index (χ0v) is 82.1. The summed E-state index contributed by atoms with van der Waals surface area (Å²) >= 11 is 0. The van der Waals surface area contributed by atoms with E-state index < -0.39 is 25.3 Å². The second-order valence-corrected chi connectivity index (χ2v) is 34.2. The van der Waals surface area contributed by atoms with Gasteiger partial charge in [0.2, 0.25) is 0 Å². The van der Waals surface area contributed by atoms with E-state index in [0.717, 1.165) is 134 Å². The van der Waals surface area contributed by atoms with Gasteiger partial charge in [-0.1, -0.05) is 340 Å². The van der Waals surface area contributed by atoms with E-state index in [1.54, 1.807) is 61.7 Å². The molecule has 7 heterocycles. The number of nitroso groups, excluding NO2 is 1. The van der Waals surface area contributed by atoms with E-state index in [2.05, 4.69) is 143 Å². The van der Waals surface area contributed by atoms with Crippen molar-refractivity contribution in [3.05, 3.63) is 475 Å². The zero-order chi connectivity index (χ0) is 103. The van der Waals surface area contributed by atoms with Crippen LogP contribution in [0.2, 0.25) is 0 Å². The molecule has 5 aromatic heterocycles. The number of aromatic hydroxyl groups is 1. The number of halogens is 2. The second-order valence-electron chi connectivity index (χ2n) is 34.2. The summed E-state index contributed by atoms with van der Waals surface area (Å²) in [5.74, 6) is 3.45. The van der Waals surface area contributed by atoms with Gasteiger partial charge in [0.05, 0.1) is 39.9 Å². The van der Waals surface area contributed by atoms with E-state index in [0.29, 0.717) is 57.0 Å². The van der Waals surface area contributed by atoms with Gasteiger partial charge in [0.1, 0.15) is 40.4 Å². The number of benzene rings is 14. The lowest BCUT2D eigenvalue weighted by atomic mass is 10.0. The first-order valence-corrected chi connectivity index (χ1v) is 47.7. The summed E-state index contributed by atoms with van der Waals surface area (Å²) in [6, 6.07) is 132. The van der Waals surface area contributed by atoms with Gasteiger partial charge in [-0.3, -0.25) is 8.63 Å². The third-order valence-electron chi connectivity index (χ3n) is 24.3. The number of amidine groups is 2. The van der Waals surface area contributed by atoms with Gasteiger partial charge >= 0.3 is 25.3 Å². The Labute approximate surface area is 868 Å². The Morgan fingerprint density at radius 2 is 0.647 bits per heavy atom. The minimum absolute atomic E-state index is 0. The van der Waals surface area contributed by atoms with Gasteiger partial charge in [-0.05, 0) is 200 Å². The van der Waals surface area contributed by atoms with Crippen LogP contribution in [0, 0.1) is 18.8 Å². The number of carbonyl (C=O) groups is 3. The summed E-state index contributed by atoms with van der Waals surface area (Å²) in [7, 11) is 2.79. The van der Waals surface area contributed by atoms with Crippen molar-refractivity contribution in [3.63, 3.8) is 0 Å². The van der Waals surface area contributed by atoms with Crippen LogP contribution < -0.4 is 18.9 Å². The number of carbonyl (C=O) groups excluding carboxylic acids is 3. The van der Waals surface area contributed by atoms with Crippen molar-refractivity contribution in [2.24, 2.45) is 25.1 Å². The number of H-pyrrole nitrogens is 4. The molecule has 0 saturated heterocycles. The molecule has 0 saturated carbocycles. The zero-order valence-electron chi connectivity index (χ0n) is 82.1. The molecule has 25 heteroatoms. The molecule has 2 aliphatic rings. The normalized spacial score (nSPS) is 12.1. The summed E-state index contributed by atoms with van der Waals surface area (Å²) in [6.45, 7) is 3.61. The molecule has 14 aromatic carbocycles. The van der Waals surface area contributed by atoms with Crippen molar-refractivity contribution in [1.82, 2.24) is 24.4 Å². The molecule has 22 nitrogen and oxygen atoms in total. The van der Waals surface area contributed by atoms with Crippen LogP contribution in [0.3, 0.4) is 0 Å². The fourth-order valence-electron chi connectivity index (χ4n) is 16.4. The maximum absolute atomic E-state index is 15.0. The molecule has 0 spiro atoms. The Kier molecular flexibility index (Phi) is 34.6. The smallest absolute Gasteiger partial charge is 0.508 e. The lowest BCUT2D eigenvalue weighted by Crippen LogP contribution is -2.14. The van der Waals surface area contributed by atoms with Crippen LogP contribution in [0.4, 0.5) is 26.1 Å². The van der Waals surface area contributed by atoms with Crippen LogP contribution in [0.1, 0.15) is 40.8 Å². The van der Waals surface area contributed by atoms with Crippen LogP contribution in [0.25, 0.3) is 123 Å². The number of aliphatic imine (C=N–C) groups is 4. The van der Waals surface area contributed by atoms with Crippen LogP contribution in [0.15, 0.2) is 462 Å². The summed E-state index contributed by atoms with van der Waals surface area (Å²) in [5, 5.41) is 12.4. The van der Waals surface area contributed by atoms with Crippen LogP contribution >= 0.6 is 0 Å². The van der Waals surface area contributed by atoms with Crippen molar-refractivity contribution in [2.75, 3.05) is 48.3 Å². The molecule has 5 N–H and O–H groups in total. The van der Waals surface area contributed by atoms with E-state index in [1.165, 1.54) is 43.6 Å². The van der Waals surface area contributed by atoms with E-state index in [9.17, 15) is 33.0 Å². The fourth-order valence-corrected chi connectivity index (χ4v) is 16.4. The van der Waals surface area contributed by atoms with Crippen LogP contribution in [0.5, 0.6) is 28.7 Å². The molecule has 0 aliphatic carbocycles. The van der Waals surface area contributed by atoms with Gasteiger partial charge in [0.25, 0.3) is 0 Å². The predicted molar refractivity (Wildman–Crippen MR) is 597 cm³/mol. The Morgan fingerprint density at radius 3 is 1.01 bits per heavy atom. The summed E-state index contributed by atoms with van der Waals surface area (Å²) in [6.07, 6.45) is 7.97. The lowest BCUT2D eigenvalue weighted by Gasteiger charge is -2.11. The number of hydrogen-bond acceptors (Lipinski definition) is 15. The first kappa shape index (κ1) is 103. The van der Waals surface area contributed by atoms with E-state index in [4.69, 9.17) is 38.9 Å². The van der Waals surface area contributed by atoms with Crippen molar-refractivity contribution in [3.8, 4) is 141 Å². The first-order valence-electron chi connectivity index (χ1n) is 47.7. The number of rotatable bonds is 28. The number of methoxy groups -OCH3 is 4. The highest BCUT2D eigenvalue weighted by Crippen LogP contribution is 2.44. The Morgan fingerprint density at radius 1 is 0.333 bits per heavy atom. The molecule has 744 valence electrons. The molecular weight excluding hydrogens is 1880 g/mol. The summed E-state index contributed by atoms with van der Waals surface area (Å²) in [4.78, 5) is 78.1. The van der Waals surface area contributed by atoms with E-state index in [1.807, 2.05) is 292 Å². The lowest BCUT2D eigenvalue weighted by molar-refractivity contribution is -0.143. The Bertz CT molecular complexity index is 7980. The van der Waals surface area contributed by atoms with Crippen LogP contribution in [-0.2, 0) is 28.6 Å². The van der Waals surface area contributed by atoms with Crippen molar-refractivity contribution >= 4 is 77.0 Å². The third-order valence-corrected chi connectivity index (χ3v) is 24.3.